The van der Waals surface area contributed by atoms with Gasteiger partial charge in [0.2, 0.25) is 11.8 Å². The van der Waals surface area contributed by atoms with Gasteiger partial charge in [0.1, 0.15) is 0 Å². The van der Waals surface area contributed by atoms with E-state index in [9.17, 15) is 9.59 Å². The predicted molar refractivity (Wildman–Crippen MR) is 124 cm³/mol. The lowest BCUT2D eigenvalue weighted by atomic mass is 9.94. The van der Waals surface area contributed by atoms with Crippen molar-refractivity contribution in [1.29, 1.82) is 0 Å². The van der Waals surface area contributed by atoms with Crippen LogP contribution in [0, 0.1) is 5.92 Å². The molecule has 0 unspecified atom stereocenters. The Morgan fingerprint density at radius 1 is 0.871 bits per heavy atom. The summed E-state index contributed by atoms with van der Waals surface area (Å²) >= 11 is 0. The van der Waals surface area contributed by atoms with E-state index in [0.717, 1.165) is 38.0 Å². The molecule has 2 aromatic carbocycles. The Balaban J connectivity index is 1.33. The molecule has 5 nitrogen and oxygen atoms in total. The molecular formula is C26H33N3O2. The Kier molecular flexibility index (Phi) is 7.36. The van der Waals surface area contributed by atoms with Crippen LogP contribution in [0.2, 0.25) is 0 Å². The van der Waals surface area contributed by atoms with Crippen LogP contribution in [-0.2, 0) is 16.0 Å². The first-order valence-electron chi connectivity index (χ1n) is 11.6. The van der Waals surface area contributed by atoms with Crippen LogP contribution in [0.25, 0.3) is 0 Å². The van der Waals surface area contributed by atoms with Gasteiger partial charge in [-0.1, -0.05) is 61.4 Å². The summed E-state index contributed by atoms with van der Waals surface area (Å²) in [4.78, 5) is 30.2. The minimum Gasteiger partial charge on any atom is -0.340 e. The number of rotatable bonds is 7. The summed E-state index contributed by atoms with van der Waals surface area (Å²) in [6.45, 7) is 2.94. The fraction of sp³-hybridized carbons (Fsp3) is 0.462. The normalized spacial score (nSPS) is 18.6. The summed E-state index contributed by atoms with van der Waals surface area (Å²) in [5, 5.41) is 3.13. The molecule has 2 amide bonds. The van der Waals surface area contributed by atoms with E-state index in [4.69, 9.17) is 0 Å². The van der Waals surface area contributed by atoms with Gasteiger partial charge < -0.3 is 10.2 Å². The first-order chi connectivity index (χ1) is 15.2. The average molecular weight is 420 g/mol. The van der Waals surface area contributed by atoms with Crippen LogP contribution in [0.4, 0.5) is 5.69 Å². The summed E-state index contributed by atoms with van der Waals surface area (Å²) in [6, 6.07) is 19.8. The molecule has 1 aliphatic heterocycles. The topological polar surface area (TPSA) is 52.7 Å². The second-order valence-electron chi connectivity index (χ2n) is 8.75. The van der Waals surface area contributed by atoms with Gasteiger partial charge in [-0.15, -0.1) is 0 Å². The fourth-order valence-electron chi connectivity index (χ4n) is 4.99. The molecule has 0 radical (unpaired) electrons. The van der Waals surface area contributed by atoms with Crippen LogP contribution in [0.3, 0.4) is 0 Å². The number of benzene rings is 2. The number of para-hydroxylation sites is 1. The molecule has 1 aliphatic carbocycles. The summed E-state index contributed by atoms with van der Waals surface area (Å²) in [5.74, 6) is 0.723. The molecular weight excluding hydrogens is 386 g/mol. The third kappa shape index (κ3) is 5.73. The molecule has 4 rings (SSSR count). The monoisotopic (exact) mass is 419 g/mol. The molecule has 1 N–H and O–H groups in total. The van der Waals surface area contributed by atoms with Gasteiger partial charge in [0.05, 0.1) is 6.04 Å². The van der Waals surface area contributed by atoms with Crippen molar-refractivity contribution < 1.29 is 9.59 Å². The lowest BCUT2D eigenvalue weighted by Gasteiger charge is -2.40. The summed E-state index contributed by atoms with van der Waals surface area (Å²) in [6.07, 6.45) is 5.97. The van der Waals surface area contributed by atoms with Gasteiger partial charge >= 0.3 is 0 Å². The van der Waals surface area contributed by atoms with E-state index < -0.39 is 0 Å². The van der Waals surface area contributed by atoms with Crippen LogP contribution < -0.4 is 5.32 Å². The van der Waals surface area contributed by atoms with Crippen LogP contribution in [0.1, 0.15) is 37.7 Å². The highest BCUT2D eigenvalue weighted by Gasteiger charge is 2.37. The molecule has 0 aromatic heterocycles. The Morgan fingerprint density at radius 2 is 1.48 bits per heavy atom. The SMILES string of the molecule is O=C(Nc1ccccc1)[C@H](C1CCCC1)N1CCN(C(=O)CCc2ccccc2)CC1. The predicted octanol–water partition coefficient (Wildman–Crippen LogP) is 3.96. The highest BCUT2D eigenvalue weighted by molar-refractivity contribution is 5.95. The minimum absolute atomic E-state index is 0.0990. The lowest BCUT2D eigenvalue weighted by Crippen LogP contribution is -2.57. The molecule has 2 fully saturated rings. The highest BCUT2D eigenvalue weighted by Crippen LogP contribution is 2.31. The Bertz CT molecular complexity index is 841. The Morgan fingerprint density at radius 3 is 2.13 bits per heavy atom. The zero-order chi connectivity index (χ0) is 21.5. The van der Waals surface area contributed by atoms with Crippen molar-refractivity contribution in [3.05, 3.63) is 66.2 Å². The van der Waals surface area contributed by atoms with E-state index in [0.29, 0.717) is 25.4 Å². The van der Waals surface area contributed by atoms with Gasteiger partial charge in [0.25, 0.3) is 0 Å². The number of carbonyl (C=O) groups is 2. The second-order valence-corrected chi connectivity index (χ2v) is 8.75. The van der Waals surface area contributed by atoms with E-state index in [1.54, 1.807) is 0 Å². The second kappa shape index (κ2) is 10.6. The Hall–Kier alpha value is -2.66. The molecule has 5 heteroatoms. The number of amides is 2. The van der Waals surface area contributed by atoms with Crippen LogP contribution in [0.15, 0.2) is 60.7 Å². The quantitative estimate of drug-likeness (QED) is 0.739. The molecule has 0 bridgehead atoms. The number of hydrogen-bond donors (Lipinski definition) is 1. The molecule has 31 heavy (non-hydrogen) atoms. The van der Waals surface area contributed by atoms with Crippen LogP contribution in [0.5, 0.6) is 0 Å². The molecule has 1 saturated heterocycles. The van der Waals surface area contributed by atoms with Gasteiger partial charge in [0.15, 0.2) is 0 Å². The maximum absolute atomic E-state index is 13.2. The van der Waals surface area contributed by atoms with Gasteiger partial charge in [0, 0.05) is 38.3 Å². The molecule has 1 saturated carbocycles. The summed E-state index contributed by atoms with van der Waals surface area (Å²) in [5.41, 5.74) is 2.05. The first-order valence-corrected chi connectivity index (χ1v) is 11.6. The zero-order valence-electron chi connectivity index (χ0n) is 18.2. The van der Waals surface area contributed by atoms with Gasteiger partial charge in [-0.3, -0.25) is 14.5 Å². The lowest BCUT2D eigenvalue weighted by molar-refractivity contribution is -0.134. The van der Waals surface area contributed by atoms with E-state index in [2.05, 4.69) is 22.3 Å². The molecule has 1 heterocycles. The minimum atomic E-state index is -0.107. The van der Waals surface area contributed by atoms with E-state index in [-0.39, 0.29) is 17.9 Å². The maximum atomic E-state index is 13.2. The van der Waals surface area contributed by atoms with Crippen molar-refractivity contribution in [3.8, 4) is 0 Å². The van der Waals surface area contributed by atoms with Crippen molar-refractivity contribution in [2.45, 2.75) is 44.6 Å². The third-order valence-corrected chi connectivity index (χ3v) is 6.69. The van der Waals surface area contributed by atoms with E-state index in [1.807, 2.05) is 53.4 Å². The standard InChI is InChI=1S/C26H33N3O2/c30-24(16-15-21-9-3-1-4-10-21)28-17-19-29(20-18-28)25(22-11-7-8-12-22)26(31)27-23-13-5-2-6-14-23/h1-6,9-10,13-14,22,25H,7-8,11-12,15-20H2,(H,27,31)/t25-/m0/s1. The molecule has 164 valence electrons. The Labute approximate surface area is 185 Å². The number of hydrogen-bond acceptors (Lipinski definition) is 3. The fourth-order valence-corrected chi connectivity index (χ4v) is 4.99. The molecule has 0 spiro atoms. The van der Waals surface area contributed by atoms with Crippen molar-refractivity contribution in [1.82, 2.24) is 9.80 Å². The van der Waals surface area contributed by atoms with Gasteiger partial charge in [-0.05, 0) is 42.9 Å². The average Bonchev–Trinajstić information content (AvgIpc) is 3.34. The number of aryl methyl sites for hydroxylation is 1. The number of nitrogens with zero attached hydrogens (tertiary/aromatic N) is 2. The van der Waals surface area contributed by atoms with Crippen LogP contribution in [-0.4, -0.2) is 53.8 Å². The van der Waals surface area contributed by atoms with Crippen LogP contribution >= 0.6 is 0 Å². The number of piperazine rings is 1. The molecule has 1 atom stereocenters. The molecule has 2 aromatic rings. The third-order valence-electron chi connectivity index (χ3n) is 6.69. The highest BCUT2D eigenvalue weighted by atomic mass is 16.2. The summed E-state index contributed by atoms with van der Waals surface area (Å²) < 4.78 is 0. The summed E-state index contributed by atoms with van der Waals surface area (Å²) in [7, 11) is 0. The van der Waals surface area contributed by atoms with Gasteiger partial charge in [-0.2, -0.15) is 0 Å². The van der Waals surface area contributed by atoms with E-state index in [1.165, 1.54) is 18.4 Å². The maximum Gasteiger partial charge on any atom is 0.242 e. The number of nitrogens with one attached hydrogen (secondary N) is 1. The van der Waals surface area contributed by atoms with Crippen molar-refractivity contribution in [3.63, 3.8) is 0 Å². The largest absolute Gasteiger partial charge is 0.340 e. The number of anilines is 1. The zero-order valence-corrected chi connectivity index (χ0v) is 18.2. The van der Waals surface area contributed by atoms with E-state index >= 15 is 0 Å². The van der Waals surface area contributed by atoms with Crippen molar-refractivity contribution >= 4 is 17.5 Å². The first kappa shape index (κ1) is 21.6. The smallest absolute Gasteiger partial charge is 0.242 e. The van der Waals surface area contributed by atoms with Crippen molar-refractivity contribution in [2.75, 3.05) is 31.5 Å². The number of carbonyl (C=O) groups excluding carboxylic acids is 2. The van der Waals surface area contributed by atoms with Crippen molar-refractivity contribution in [2.24, 2.45) is 5.92 Å². The molecule has 2 aliphatic rings. The van der Waals surface area contributed by atoms with Gasteiger partial charge in [-0.25, -0.2) is 0 Å².